The molecule has 1 saturated heterocycles. The molecule has 260 valence electrons. The van der Waals surface area contributed by atoms with Crippen LogP contribution in [0.5, 0.6) is 0 Å². The topological polar surface area (TPSA) is 77.0 Å². The van der Waals surface area contributed by atoms with E-state index in [9.17, 15) is 9.90 Å². The largest absolute Gasteiger partial charge is 0.509 e. The molecule has 1 aromatic carbocycles. The van der Waals surface area contributed by atoms with Crippen LogP contribution in [0.4, 0.5) is 4.79 Å². The smallest absolute Gasteiger partial charge is 0.429 e. The van der Waals surface area contributed by atoms with Crippen molar-refractivity contribution >= 4 is 6.16 Å². The molecule has 6 nitrogen and oxygen atoms in total. The summed E-state index contributed by atoms with van der Waals surface area (Å²) >= 11 is 0. The first kappa shape index (κ1) is 35.9. The molecular weight excluding hydrogens is 586 g/mol. The average molecular weight is 648 g/mol. The minimum Gasteiger partial charge on any atom is -0.429 e. The van der Waals surface area contributed by atoms with Crippen molar-refractivity contribution in [2.24, 2.45) is 35.0 Å². The van der Waals surface area contributed by atoms with E-state index in [1.807, 2.05) is 33.8 Å². The standard InChI is InChI=1S/C41H61NO5/c1-26(2)41(47-38(44)46-39(6,7)8,29(5)37-36(43)21-27(3)24-42-37)20-18-33-28(4)22-35-34(33)16-15-31-23-32(17-19-40(31,35)9)45-25-30-13-11-10-12-14-30/h10-15,27,29,32-37,42-43H,1,4,16-25H2,2-3,5-9H3/t27-,29+,32-,33+,34-,35-,36+,37-,40-,41-/m0/s1. The Morgan fingerprint density at radius 3 is 2.55 bits per heavy atom. The Labute approximate surface area is 284 Å². The van der Waals surface area contributed by atoms with E-state index >= 15 is 0 Å². The van der Waals surface area contributed by atoms with E-state index in [2.05, 4.69) is 69.6 Å². The number of fused-ring (bicyclic) bond motifs is 3. The third-order valence-corrected chi connectivity index (χ3v) is 12.2. The molecule has 4 aliphatic rings. The molecule has 47 heavy (non-hydrogen) atoms. The number of aliphatic hydroxyl groups excluding tert-OH is 1. The van der Waals surface area contributed by atoms with Gasteiger partial charge in [0.15, 0.2) is 0 Å². The third-order valence-electron chi connectivity index (χ3n) is 12.2. The second-order valence-electron chi connectivity index (χ2n) is 16.7. The monoisotopic (exact) mass is 647 g/mol. The van der Waals surface area contributed by atoms with Crippen LogP contribution in [0, 0.1) is 35.0 Å². The average Bonchev–Trinajstić information content (AvgIpc) is 3.33. The van der Waals surface area contributed by atoms with E-state index in [1.54, 1.807) is 5.57 Å². The molecule has 2 saturated carbocycles. The van der Waals surface area contributed by atoms with Gasteiger partial charge >= 0.3 is 6.16 Å². The molecule has 1 aliphatic heterocycles. The number of benzene rings is 1. The summed E-state index contributed by atoms with van der Waals surface area (Å²) in [6.07, 6.45) is 9.08. The molecule has 5 rings (SSSR count). The summed E-state index contributed by atoms with van der Waals surface area (Å²) in [5.74, 6) is 1.58. The summed E-state index contributed by atoms with van der Waals surface area (Å²) in [4.78, 5) is 13.3. The zero-order valence-corrected chi connectivity index (χ0v) is 30.1. The Balaban J connectivity index is 1.33. The minimum absolute atomic E-state index is 0.159. The lowest BCUT2D eigenvalue weighted by Gasteiger charge is -2.50. The normalized spacial score (nSPS) is 34.3. The van der Waals surface area contributed by atoms with Crippen molar-refractivity contribution in [2.75, 3.05) is 6.54 Å². The molecule has 10 atom stereocenters. The predicted molar refractivity (Wildman–Crippen MR) is 189 cm³/mol. The van der Waals surface area contributed by atoms with Crippen molar-refractivity contribution < 1.29 is 24.1 Å². The Bertz CT molecular complexity index is 1310. The summed E-state index contributed by atoms with van der Waals surface area (Å²) in [6.45, 7) is 24.8. The highest BCUT2D eigenvalue weighted by atomic mass is 16.7. The van der Waals surface area contributed by atoms with Crippen molar-refractivity contribution in [3.05, 3.63) is 71.8 Å². The van der Waals surface area contributed by atoms with Crippen LogP contribution in [-0.4, -0.2) is 47.3 Å². The second-order valence-corrected chi connectivity index (χ2v) is 16.7. The van der Waals surface area contributed by atoms with E-state index in [0.717, 1.165) is 57.1 Å². The highest BCUT2D eigenvalue weighted by Gasteiger charge is 2.54. The van der Waals surface area contributed by atoms with Gasteiger partial charge in [0.05, 0.1) is 18.8 Å². The third kappa shape index (κ3) is 7.76. The number of nitrogens with one attached hydrogen (secondary N) is 1. The van der Waals surface area contributed by atoms with Crippen molar-refractivity contribution in [1.29, 1.82) is 0 Å². The molecule has 0 amide bonds. The van der Waals surface area contributed by atoms with Crippen LogP contribution in [0.3, 0.4) is 0 Å². The molecule has 0 aromatic heterocycles. The van der Waals surface area contributed by atoms with Gasteiger partial charge in [-0.3, -0.25) is 0 Å². The van der Waals surface area contributed by atoms with Crippen LogP contribution in [-0.2, 0) is 20.8 Å². The maximum Gasteiger partial charge on any atom is 0.509 e. The number of carbonyl (C=O) groups is 1. The van der Waals surface area contributed by atoms with E-state index in [-0.39, 0.29) is 23.5 Å². The van der Waals surface area contributed by atoms with Gasteiger partial charge in [0.25, 0.3) is 0 Å². The molecule has 6 heteroatoms. The minimum atomic E-state index is -0.992. The molecular formula is C41H61NO5. The summed E-state index contributed by atoms with van der Waals surface area (Å²) in [6, 6.07) is 10.3. The first-order valence-corrected chi connectivity index (χ1v) is 18.1. The fourth-order valence-electron chi connectivity index (χ4n) is 9.53. The number of aliphatic hydroxyl groups is 1. The highest BCUT2D eigenvalue weighted by molar-refractivity contribution is 5.62. The number of piperidine rings is 1. The number of hydrogen-bond donors (Lipinski definition) is 2. The molecule has 1 heterocycles. The van der Waals surface area contributed by atoms with Crippen molar-refractivity contribution in [1.82, 2.24) is 5.32 Å². The fraction of sp³-hybridized carbons (Fsp3) is 0.683. The molecule has 1 aromatic rings. The van der Waals surface area contributed by atoms with Gasteiger partial charge < -0.3 is 24.6 Å². The Kier molecular flexibility index (Phi) is 10.9. The molecule has 0 radical (unpaired) electrons. The summed E-state index contributed by atoms with van der Waals surface area (Å²) in [5, 5.41) is 14.8. The number of hydrogen-bond acceptors (Lipinski definition) is 6. The maximum absolute atomic E-state index is 13.3. The van der Waals surface area contributed by atoms with Gasteiger partial charge in [-0.2, -0.15) is 0 Å². The van der Waals surface area contributed by atoms with E-state index in [4.69, 9.17) is 14.2 Å². The van der Waals surface area contributed by atoms with Crippen LogP contribution < -0.4 is 5.32 Å². The molecule has 3 fully saturated rings. The zero-order valence-electron chi connectivity index (χ0n) is 30.1. The Morgan fingerprint density at radius 1 is 1.17 bits per heavy atom. The Hall–Kier alpha value is -2.41. The van der Waals surface area contributed by atoms with E-state index in [0.29, 0.717) is 36.7 Å². The fourth-order valence-corrected chi connectivity index (χ4v) is 9.53. The SMILES string of the molecule is C=C1C[C@H]2[C@@H](CC=C3C[C@@H](OCc4ccccc4)CC[C@@]32C)[C@@H]1CC[C@](OC(=O)OC(C)(C)C)(C(=C)C)[C@H](C)[C@@H]1NC[C@@H](C)C[C@H]1O. The number of rotatable bonds is 10. The van der Waals surface area contributed by atoms with Gasteiger partial charge in [-0.1, -0.05) is 81.5 Å². The van der Waals surface area contributed by atoms with Gasteiger partial charge in [-0.15, -0.1) is 0 Å². The lowest BCUT2D eigenvalue weighted by Crippen LogP contribution is -2.59. The van der Waals surface area contributed by atoms with Crippen LogP contribution in [0.1, 0.15) is 105 Å². The highest BCUT2D eigenvalue weighted by Crippen LogP contribution is 2.61. The summed E-state index contributed by atoms with van der Waals surface area (Å²) in [5.41, 5.74) is 3.39. The van der Waals surface area contributed by atoms with E-state index < -0.39 is 23.5 Å². The first-order chi connectivity index (χ1) is 22.1. The molecule has 0 unspecified atom stereocenters. The molecule has 2 N–H and O–H groups in total. The van der Waals surface area contributed by atoms with Crippen molar-refractivity contribution in [2.45, 2.75) is 136 Å². The van der Waals surface area contributed by atoms with Gasteiger partial charge in [-0.05, 0) is 126 Å². The predicted octanol–water partition coefficient (Wildman–Crippen LogP) is 8.94. The van der Waals surface area contributed by atoms with Crippen molar-refractivity contribution in [3.8, 4) is 0 Å². The summed E-state index contributed by atoms with van der Waals surface area (Å²) in [7, 11) is 0. The molecule has 0 bridgehead atoms. The second kappa shape index (κ2) is 14.2. The Morgan fingerprint density at radius 2 is 1.89 bits per heavy atom. The van der Waals surface area contributed by atoms with Crippen molar-refractivity contribution in [3.63, 3.8) is 0 Å². The number of allylic oxidation sites excluding steroid dienone is 2. The lowest BCUT2D eigenvalue weighted by atomic mass is 9.56. The zero-order chi connectivity index (χ0) is 34.1. The van der Waals surface area contributed by atoms with Gasteiger partial charge in [0.2, 0.25) is 0 Å². The lowest BCUT2D eigenvalue weighted by molar-refractivity contribution is -0.0943. The van der Waals surface area contributed by atoms with Crippen LogP contribution in [0.15, 0.2) is 66.3 Å². The maximum atomic E-state index is 13.3. The quantitative estimate of drug-likeness (QED) is 0.195. The first-order valence-electron chi connectivity index (χ1n) is 18.1. The summed E-state index contributed by atoms with van der Waals surface area (Å²) < 4.78 is 18.5. The van der Waals surface area contributed by atoms with Gasteiger partial charge in [0.1, 0.15) is 11.2 Å². The van der Waals surface area contributed by atoms with Gasteiger partial charge in [-0.25, -0.2) is 4.79 Å². The molecule has 3 aliphatic carbocycles. The van der Waals surface area contributed by atoms with Crippen LogP contribution in [0.2, 0.25) is 0 Å². The van der Waals surface area contributed by atoms with E-state index in [1.165, 1.54) is 11.1 Å². The molecule has 0 spiro atoms. The van der Waals surface area contributed by atoms with Crippen LogP contribution in [0.25, 0.3) is 0 Å². The van der Waals surface area contributed by atoms with Crippen LogP contribution >= 0.6 is 0 Å². The number of carbonyl (C=O) groups excluding carboxylic acids is 1. The van der Waals surface area contributed by atoms with Gasteiger partial charge in [0, 0.05) is 12.0 Å². The number of ether oxygens (including phenoxy) is 3.